The zero-order valence-corrected chi connectivity index (χ0v) is 12.5. The molecule has 1 atom stereocenters. The summed E-state index contributed by atoms with van der Waals surface area (Å²) in [6.07, 6.45) is -0.147. The van der Waals surface area contributed by atoms with Crippen molar-refractivity contribution in [1.82, 2.24) is 0 Å². The van der Waals surface area contributed by atoms with E-state index in [1.54, 1.807) is 6.07 Å². The monoisotopic (exact) mass is 344 g/mol. The van der Waals surface area contributed by atoms with Gasteiger partial charge in [0.25, 0.3) is 0 Å². The molecule has 0 heterocycles. The summed E-state index contributed by atoms with van der Waals surface area (Å²) in [7, 11) is 0. The van der Waals surface area contributed by atoms with E-state index in [9.17, 15) is 5.11 Å². The van der Waals surface area contributed by atoms with E-state index in [1.165, 1.54) is 0 Å². The summed E-state index contributed by atoms with van der Waals surface area (Å²) in [5.41, 5.74) is 1.70. The van der Waals surface area contributed by atoms with Crippen LogP contribution in [0.2, 0.25) is 10.0 Å². The minimum absolute atomic E-state index is 0.488. The average molecular weight is 346 g/mol. The molecule has 0 amide bonds. The van der Waals surface area contributed by atoms with Crippen LogP contribution in [-0.4, -0.2) is 5.11 Å². The van der Waals surface area contributed by atoms with Gasteiger partial charge in [-0.25, -0.2) is 0 Å². The van der Waals surface area contributed by atoms with Crippen molar-refractivity contribution in [3.63, 3.8) is 0 Å². The Morgan fingerprint density at radius 3 is 2.56 bits per heavy atom. The summed E-state index contributed by atoms with van der Waals surface area (Å²) in [6.45, 7) is 0. The summed E-state index contributed by atoms with van der Waals surface area (Å²) in [5.74, 6) is 0. The molecule has 0 saturated carbocycles. The molecule has 0 aliphatic carbocycles. The van der Waals surface area contributed by atoms with Crippen molar-refractivity contribution in [3.05, 3.63) is 68.1 Å². The van der Waals surface area contributed by atoms with Gasteiger partial charge in [0.1, 0.15) is 0 Å². The lowest BCUT2D eigenvalue weighted by Gasteiger charge is -2.13. The summed E-state index contributed by atoms with van der Waals surface area (Å²) >= 11 is 15.4. The topological polar surface area (TPSA) is 20.2 Å². The van der Waals surface area contributed by atoms with E-state index < -0.39 is 6.10 Å². The molecule has 1 N–H and O–H groups in total. The van der Waals surface area contributed by atoms with E-state index in [2.05, 4.69) is 15.9 Å². The van der Waals surface area contributed by atoms with Gasteiger partial charge < -0.3 is 5.11 Å². The second-order valence-electron chi connectivity index (χ2n) is 4.02. The van der Waals surface area contributed by atoms with E-state index in [-0.39, 0.29) is 0 Å². The number of halogens is 3. The number of hydrogen-bond acceptors (Lipinski definition) is 1. The number of rotatable bonds is 3. The molecule has 1 nitrogen and oxygen atoms in total. The van der Waals surface area contributed by atoms with Gasteiger partial charge in [0.05, 0.1) is 6.10 Å². The summed E-state index contributed by atoms with van der Waals surface area (Å²) in [4.78, 5) is 0. The predicted octanol–water partition coefficient (Wildman–Crippen LogP) is 5.03. The lowest BCUT2D eigenvalue weighted by molar-refractivity contribution is 0.178. The van der Waals surface area contributed by atoms with Gasteiger partial charge in [0.2, 0.25) is 0 Å². The van der Waals surface area contributed by atoms with Crippen molar-refractivity contribution in [2.75, 3.05) is 0 Å². The molecule has 4 heteroatoms. The summed E-state index contributed by atoms with van der Waals surface area (Å²) in [5, 5.41) is 11.4. The first-order valence-corrected chi connectivity index (χ1v) is 6.98. The maximum absolute atomic E-state index is 10.2. The highest BCUT2D eigenvalue weighted by molar-refractivity contribution is 9.10. The largest absolute Gasteiger partial charge is 0.388 e. The van der Waals surface area contributed by atoms with Crippen molar-refractivity contribution in [1.29, 1.82) is 0 Å². The van der Waals surface area contributed by atoms with Gasteiger partial charge in [-0.1, -0.05) is 57.3 Å². The van der Waals surface area contributed by atoms with Crippen LogP contribution in [0.3, 0.4) is 0 Å². The third-order valence-corrected chi connectivity index (χ3v) is 3.70. The molecular formula is C14H11BrCl2O. The number of benzene rings is 2. The van der Waals surface area contributed by atoms with Crippen LogP contribution in [0.1, 0.15) is 17.2 Å². The maximum Gasteiger partial charge on any atom is 0.0844 e. The minimum Gasteiger partial charge on any atom is -0.388 e. The molecule has 94 valence electrons. The normalized spacial score (nSPS) is 12.4. The van der Waals surface area contributed by atoms with Crippen molar-refractivity contribution in [2.45, 2.75) is 12.5 Å². The zero-order chi connectivity index (χ0) is 13.1. The van der Waals surface area contributed by atoms with Crippen molar-refractivity contribution in [2.24, 2.45) is 0 Å². The smallest absolute Gasteiger partial charge is 0.0844 e. The molecule has 0 fully saturated rings. The van der Waals surface area contributed by atoms with Gasteiger partial charge in [-0.05, 0) is 35.4 Å². The Labute approximate surface area is 124 Å². The number of aliphatic hydroxyl groups is 1. The van der Waals surface area contributed by atoms with Crippen LogP contribution < -0.4 is 0 Å². The molecule has 18 heavy (non-hydrogen) atoms. The average Bonchev–Trinajstić information content (AvgIpc) is 2.28. The molecule has 0 spiro atoms. The molecule has 0 aliphatic rings. The van der Waals surface area contributed by atoms with Crippen LogP contribution in [0.15, 0.2) is 46.9 Å². The lowest BCUT2D eigenvalue weighted by Crippen LogP contribution is -2.02. The fourth-order valence-electron chi connectivity index (χ4n) is 1.77. The summed E-state index contributed by atoms with van der Waals surface area (Å²) < 4.78 is 0.895. The van der Waals surface area contributed by atoms with Crippen LogP contribution in [0.25, 0.3) is 0 Å². The van der Waals surface area contributed by atoms with Gasteiger partial charge in [-0.2, -0.15) is 0 Å². The number of hydrogen-bond donors (Lipinski definition) is 1. The molecule has 0 radical (unpaired) electrons. The Hall–Kier alpha value is -0.540. The first kappa shape index (κ1) is 13.9. The van der Waals surface area contributed by atoms with E-state index >= 15 is 0 Å². The van der Waals surface area contributed by atoms with E-state index in [0.29, 0.717) is 16.5 Å². The van der Waals surface area contributed by atoms with Crippen LogP contribution in [0, 0.1) is 0 Å². The number of aliphatic hydroxyl groups excluding tert-OH is 1. The van der Waals surface area contributed by atoms with Crippen LogP contribution >= 0.6 is 39.1 Å². The third kappa shape index (κ3) is 3.48. The van der Waals surface area contributed by atoms with E-state index in [1.807, 2.05) is 36.4 Å². The Bertz CT molecular complexity index is 557. The zero-order valence-electron chi connectivity index (χ0n) is 9.41. The Kier molecular flexibility index (Phi) is 4.68. The fraction of sp³-hybridized carbons (Fsp3) is 0.143. The molecule has 2 rings (SSSR count). The minimum atomic E-state index is -0.635. The lowest BCUT2D eigenvalue weighted by atomic mass is 10.0. The van der Waals surface area contributed by atoms with Gasteiger partial charge in [-0.15, -0.1) is 0 Å². The van der Waals surface area contributed by atoms with Gasteiger partial charge in [0, 0.05) is 20.9 Å². The highest BCUT2D eigenvalue weighted by atomic mass is 79.9. The molecule has 2 aromatic rings. The first-order valence-electron chi connectivity index (χ1n) is 5.44. The highest BCUT2D eigenvalue weighted by Crippen LogP contribution is 2.28. The molecule has 0 bridgehead atoms. The molecular weight excluding hydrogens is 335 g/mol. The molecule has 2 aromatic carbocycles. The Balaban J connectivity index is 2.19. The molecule has 0 saturated heterocycles. The van der Waals surface area contributed by atoms with Crippen LogP contribution in [0.4, 0.5) is 0 Å². The van der Waals surface area contributed by atoms with Crippen LogP contribution in [-0.2, 0) is 6.42 Å². The SMILES string of the molecule is OC(Cc1cccc(Cl)c1)c1ccc(Br)cc1Cl. The molecule has 1 unspecified atom stereocenters. The fourth-order valence-corrected chi connectivity index (χ4v) is 2.78. The maximum atomic E-state index is 10.2. The van der Waals surface area contributed by atoms with E-state index in [0.717, 1.165) is 15.6 Å². The van der Waals surface area contributed by atoms with Gasteiger partial charge in [0.15, 0.2) is 0 Å². The second-order valence-corrected chi connectivity index (χ2v) is 5.77. The molecule has 0 aliphatic heterocycles. The van der Waals surface area contributed by atoms with E-state index in [4.69, 9.17) is 23.2 Å². The van der Waals surface area contributed by atoms with Gasteiger partial charge in [-0.3, -0.25) is 0 Å². The molecule has 0 aromatic heterocycles. The first-order chi connectivity index (χ1) is 8.56. The third-order valence-electron chi connectivity index (χ3n) is 2.64. The Morgan fingerprint density at radius 2 is 1.89 bits per heavy atom. The summed E-state index contributed by atoms with van der Waals surface area (Å²) in [6, 6.07) is 12.9. The van der Waals surface area contributed by atoms with Crippen molar-refractivity contribution >= 4 is 39.1 Å². The van der Waals surface area contributed by atoms with Crippen molar-refractivity contribution < 1.29 is 5.11 Å². The standard InChI is InChI=1S/C14H11BrCl2O/c15-10-4-5-12(13(17)8-10)14(18)7-9-2-1-3-11(16)6-9/h1-6,8,14,18H,7H2. The van der Waals surface area contributed by atoms with Gasteiger partial charge >= 0.3 is 0 Å². The quantitative estimate of drug-likeness (QED) is 0.826. The highest BCUT2D eigenvalue weighted by Gasteiger charge is 2.12. The van der Waals surface area contributed by atoms with Crippen LogP contribution in [0.5, 0.6) is 0 Å². The predicted molar refractivity (Wildman–Crippen MR) is 79.3 cm³/mol. The van der Waals surface area contributed by atoms with Crippen molar-refractivity contribution in [3.8, 4) is 0 Å². The second kappa shape index (κ2) is 6.07. The Morgan fingerprint density at radius 1 is 1.11 bits per heavy atom.